The zero-order valence-electron chi connectivity index (χ0n) is 16.3. The number of aromatic nitrogens is 2. The number of piperazine rings is 1. The molecule has 7 heteroatoms. The molecule has 0 radical (unpaired) electrons. The molecule has 2 N–H and O–H groups in total. The fraction of sp³-hybridized carbons (Fsp3) is 0.364. The van der Waals surface area contributed by atoms with Gasteiger partial charge in [0.05, 0.1) is 24.1 Å². The standard InChI is InChI=1S/C22H25N5O2/c28-17-5-6-20-16(13-17)7-8-27(20)22(29)15-26-11-9-25(10-12-26)14-21-23-18-3-1-2-4-19(18)24-21/h1-6,13,28H,7-12,14-15H2,(H,23,24). The molecular weight excluding hydrogens is 366 g/mol. The normalized spacial score (nSPS) is 17.7. The minimum absolute atomic E-state index is 0.139. The Morgan fingerprint density at radius 1 is 1.03 bits per heavy atom. The Morgan fingerprint density at radius 2 is 1.83 bits per heavy atom. The first-order valence-electron chi connectivity index (χ1n) is 10.2. The first kappa shape index (κ1) is 18.1. The maximum absolute atomic E-state index is 12.8. The number of phenols is 1. The molecule has 29 heavy (non-hydrogen) atoms. The van der Waals surface area contributed by atoms with Gasteiger partial charge in [0.25, 0.3) is 0 Å². The summed E-state index contributed by atoms with van der Waals surface area (Å²) in [6.45, 7) is 5.55. The molecular formula is C22H25N5O2. The van der Waals surface area contributed by atoms with Crippen LogP contribution in [-0.2, 0) is 17.8 Å². The van der Waals surface area contributed by atoms with Crippen LogP contribution < -0.4 is 4.90 Å². The van der Waals surface area contributed by atoms with Crippen LogP contribution in [0.5, 0.6) is 5.75 Å². The highest BCUT2D eigenvalue weighted by Crippen LogP contribution is 2.31. The molecule has 3 heterocycles. The summed E-state index contributed by atoms with van der Waals surface area (Å²) in [4.78, 5) is 27.4. The van der Waals surface area contributed by atoms with E-state index in [1.807, 2.05) is 35.2 Å². The molecule has 0 bridgehead atoms. The molecule has 2 aliphatic heterocycles. The van der Waals surface area contributed by atoms with E-state index in [0.29, 0.717) is 13.1 Å². The van der Waals surface area contributed by atoms with E-state index in [9.17, 15) is 9.90 Å². The molecule has 5 rings (SSSR count). The largest absolute Gasteiger partial charge is 0.508 e. The molecule has 3 aromatic rings. The van der Waals surface area contributed by atoms with E-state index < -0.39 is 0 Å². The summed E-state index contributed by atoms with van der Waals surface area (Å²) in [7, 11) is 0. The number of carbonyl (C=O) groups excluding carboxylic acids is 1. The number of hydrogen-bond acceptors (Lipinski definition) is 5. The fourth-order valence-electron chi connectivity index (χ4n) is 4.32. The highest BCUT2D eigenvalue weighted by atomic mass is 16.3. The second kappa shape index (κ2) is 7.50. The predicted molar refractivity (Wildman–Crippen MR) is 112 cm³/mol. The number of phenolic OH excluding ortho intramolecular Hbond substituents is 1. The number of aromatic hydroxyl groups is 1. The van der Waals surface area contributed by atoms with Crippen LogP contribution in [0, 0.1) is 0 Å². The number of aromatic amines is 1. The Hall–Kier alpha value is -2.90. The van der Waals surface area contributed by atoms with Crippen molar-refractivity contribution in [2.75, 3.05) is 44.2 Å². The van der Waals surface area contributed by atoms with Gasteiger partial charge in [-0.2, -0.15) is 0 Å². The maximum atomic E-state index is 12.8. The quantitative estimate of drug-likeness (QED) is 0.711. The number of rotatable bonds is 4. The zero-order valence-corrected chi connectivity index (χ0v) is 16.3. The molecule has 150 valence electrons. The van der Waals surface area contributed by atoms with Gasteiger partial charge >= 0.3 is 0 Å². The summed E-state index contributed by atoms with van der Waals surface area (Å²) < 4.78 is 0. The van der Waals surface area contributed by atoms with Crippen LogP contribution in [0.15, 0.2) is 42.5 Å². The van der Waals surface area contributed by atoms with Gasteiger partial charge in [-0.15, -0.1) is 0 Å². The molecule has 0 aliphatic carbocycles. The van der Waals surface area contributed by atoms with Gasteiger partial charge < -0.3 is 15.0 Å². The summed E-state index contributed by atoms with van der Waals surface area (Å²) in [5.41, 5.74) is 4.07. The van der Waals surface area contributed by atoms with Crippen LogP contribution in [0.4, 0.5) is 5.69 Å². The molecule has 2 aromatic carbocycles. The van der Waals surface area contributed by atoms with Crippen molar-refractivity contribution in [3.63, 3.8) is 0 Å². The number of nitrogens with zero attached hydrogens (tertiary/aromatic N) is 4. The van der Waals surface area contributed by atoms with Crippen molar-refractivity contribution in [1.82, 2.24) is 19.8 Å². The lowest BCUT2D eigenvalue weighted by Crippen LogP contribution is -2.49. The van der Waals surface area contributed by atoms with E-state index >= 15 is 0 Å². The summed E-state index contributed by atoms with van der Waals surface area (Å²) >= 11 is 0. The number of H-pyrrole nitrogens is 1. The second-order valence-electron chi connectivity index (χ2n) is 7.86. The third kappa shape index (κ3) is 3.71. The van der Waals surface area contributed by atoms with E-state index in [1.54, 1.807) is 12.1 Å². The number of anilines is 1. The molecule has 1 saturated heterocycles. The molecule has 0 atom stereocenters. The molecule has 1 aromatic heterocycles. The van der Waals surface area contributed by atoms with Gasteiger partial charge in [-0.25, -0.2) is 4.98 Å². The molecule has 1 fully saturated rings. The van der Waals surface area contributed by atoms with Crippen molar-refractivity contribution in [3.05, 3.63) is 53.9 Å². The van der Waals surface area contributed by atoms with E-state index in [4.69, 9.17) is 0 Å². The number of amides is 1. The fourth-order valence-corrected chi connectivity index (χ4v) is 4.32. The third-order valence-electron chi connectivity index (χ3n) is 5.90. The van der Waals surface area contributed by atoms with Crippen LogP contribution >= 0.6 is 0 Å². The maximum Gasteiger partial charge on any atom is 0.241 e. The SMILES string of the molecule is O=C(CN1CCN(Cc2nc3ccccc3[nH]2)CC1)N1CCc2cc(O)ccc21. The number of hydrogen-bond donors (Lipinski definition) is 2. The first-order valence-corrected chi connectivity index (χ1v) is 10.2. The Labute approximate surface area is 169 Å². The summed E-state index contributed by atoms with van der Waals surface area (Å²) in [5.74, 6) is 1.39. The zero-order chi connectivity index (χ0) is 19.8. The lowest BCUT2D eigenvalue weighted by Gasteiger charge is -2.34. The molecule has 1 amide bonds. The van der Waals surface area contributed by atoms with Crippen molar-refractivity contribution in [1.29, 1.82) is 0 Å². The molecule has 0 spiro atoms. The average molecular weight is 391 g/mol. The molecule has 0 unspecified atom stereocenters. The Balaban J connectivity index is 1.15. The van der Waals surface area contributed by atoms with Crippen molar-refractivity contribution in [3.8, 4) is 5.75 Å². The average Bonchev–Trinajstić information content (AvgIpc) is 3.32. The Kier molecular flexibility index (Phi) is 4.69. The minimum Gasteiger partial charge on any atom is -0.508 e. The van der Waals surface area contributed by atoms with E-state index in [0.717, 1.165) is 67.3 Å². The van der Waals surface area contributed by atoms with E-state index in [-0.39, 0.29) is 11.7 Å². The Morgan fingerprint density at radius 3 is 2.66 bits per heavy atom. The van der Waals surface area contributed by atoms with Gasteiger partial charge in [0.1, 0.15) is 11.6 Å². The van der Waals surface area contributed by atoms with Gasteiger partial charge in [-0.1, -0.05) is 12.1 Å². The van der Waals surface area contributed by atoms with Gasteiger partial charge in [-0.3, -0.25) is 14.6 Å². The molecule has 0 saturated carbocycles. The predicted octanol–water partition coefficient (Wildman–Crippen LogP) is 1.98. The van der Waals surface area contributed by atoms with Crippen LogP contribution in [0.1, 0.15) is 11.4 Å². The van der Waals surface area contributed by atoms with E-state index in [1.165, 1.54) is 0 Å². The number of carbonyl (C=O) groups is 1. The topological polar surface area (TPSA) is 75.7 Å². The highest BCUT2D eigenvalue weighted by molar-refractivity contribution is 5.96. The molecule has 7 nitrogen and oxygen atoms in total. The van der Waals surface area contributed by atoms with Gasteiger partial charge in [0.2, 0.25) is 5.91 Å². The van der Waals surface area contributed by atoms with Crippen LogP contribution in [0.25, 0.3) is 11.0 Å². The number of imidazole rings is 1. The highest BCUT2D eigenvalue weighted by Gasteiger charge is 2.27. The molecule has 2 aliphatic rings. The number of benzene rings is 2. The van der Waals surface area contributed by atoms with Crippen molar-refractivity contribution < 1.29 is 9.90 Å². The third-order valence-corrected chi connectivity index (χ3v) is 5.90. The monoisotopic (exact) mass is 391 g/mol. The number of nitrogens with one attached hydrogen (secondary N) is 1. The van der Waals surface area contributed by atoms with E-state index in [2.05, 4.69) is 19.8 Å². The van der Waals surface area contributed by atoms with Crippen molar-refractivity contribution in [2.24, 2.45) is 0 Å². The van der Waals surface area contributed by atoms with Crippen LogP contribution in [-0.4, -0.2) is 70.1 Å². The lowest BCUT2D eigenvalue weighted by atomic mass is 10.1. The Bertz CT molecular complexity index is 1010. The summed E-state index contributed by atoms with van der Waals surface area (Å²) in [6.07, 6.45) is 0.806. The summed E-state index contributed by atoms with van der Waals surface area (Å²) in [6, 6.07) is 13.4. The van der Waals surface area contributed by atoms with Gasteiger partial charge in [0.15, 0.2) is 0 Å². The minimum atomic E-state index is 0.139. The van der Waals surface area contributed by atoms with Crippen molar-refractivity contribution >= 4 is 22.6 Å². The van der Waals surface area contributed by atoms with Crippen LogP contribution in [0.3, 0.4) is 0 Å². The summed E-state index contributed by atoms with van der Waals surface area (Å²) in [5, 5.41) is 9.63. The van der Waals surface area contributed by atoms with Crippen LogP contribution in [0.2, 0.25) is 0 Å². The van der Waals surface area contributed by atoms with Gasteiger partial charge in [0, 0.05) is 38.4 Å². The number of para-hydroxylation sites is 2. The smallest absolute Gasteiger partial charge is 0.241 e. The van der Waals surface area contributed by atoms with Crippen molar-refractivity contribution in [2.45, 2.75) is 13.0 Å². The second-order valence-corrected chi connectivity index (χ2v) is 7.86. The van der Waals surface area contributed by atoms with Gasteiger partial charge in [-0.05, 0) is 42.3 Å². The number of fused-ring (bicyclic) bond motifs is 2. The lowest BCUT2D eigenvalue weighted by molar-refractivity contribution is -0.120. The first-order chi connectivity index (χ1) is 14.2.